The van der Waals surface area contributed by atoms with Gasteiger partial charge in [0.25, 0.3) is 5.91 Å². The Morgan fingerprint density at radius 2 is 1.93 bits per heavy atom. The van der Waals surface area contributed by atoms with Crippen molar-refractivity contribution in [2.75, 3.05) is 6.54 Å². The minimum Gasteiger partial charge on any atom is -0.481 e. The van der Waals surface area contributed by atoms with Crippen molar-refractivity contribution in [2.24, 2.45) is 5.92 Å². The van der Waals surface area contributed by atoms with Gasteiger partial charge >= 0.3 is 5.97 Å². The summed E-state index contributed by atoms with van der Waals surface area (Å²) in [6.45, 7) is 5.17. The Hall–Kier alpha value is -4.33. The molecule has 8 heteroatoms. The molecule has 40 heavy (non-hydrogen) atoms. The van der Waals surface area contributed by atoms with Gasteiger partial charge in [-0.1, -0.05) is 54.6 Å². The predicted molar refractivity (Wildman–Crippen MR) is 150 cm³/mol. The number of carboxylic acid groups (broad SMARTS) is 1. The molecule has 0 saturated heterocycles. The van der Waals surface area contributed by atoms with E-state index in [2.05, 4.69) is 10.3 Å². The lowest BCUT2D eigenvalue weighted by atomic mass is 9.78. The van der Waals surface area contributed by atoms with Crippen LogP contribution >= 0.6 is 0 Å². The van der Waals surface area contributed by atoms with Gasteiger partial charge in [-0.3, -0.25) is 9.59 Å². The second-order valence-corrected chi connectivity index (χ2v) is 10.8. The van der Waals surface area contributed by atoms with Gasteiger partial charge in [0.15, 0.2) is 0 Å². The van der Waals surface area contributed by atoms with E-state index < -0.39 is 23.6 Å². The van der Waals surface area contributed by atoms with Crippen LogP contribution in [0, 0.1) is 18.7 Å². The van der Waals surface area contributed by atoms with E-state index in [-0.39, 0.29) is 11.5 Å². The Morgan fingerprint density at radius 3 is 2.73 bits per heavy atom. The van der Waals surface area contributed by atoms with Crippen LogP contribution in [0.5, 0.6) is 0 Å². The molecule has 4 aromatic rings. The Labute approximate surface area is 231 Å². The molecule has 3 aromatic carbocycles. The second kappa shape index (κ2) is 10.3. The third kappa shape index (κ3) is 4.57. The van der Waals surface area contributed by atoms with E-state index in [0.29, 0.717) is 32.5 Å². The number of hydrogen-bond acceptors (Lipinski definition) is 4. The van der Waals surface area contributed by atoms with Crippen LogP contribution in [-0.2, 0) is 30.7 Å². The van der Waals surface area contributed by atoms with Crippen molar-refractivity contribution < 1.29 is 19.1 Å². The number of rotatable bonds is 2. The summed E-state index contributed by atoms with van der Waals surface area (Å²) in [6.07, 6.45) is 5.98. The van der Waals surface area contributed by atoms with Gasteiger partial charge in [0.05, 0.1) is 17.0 Å². The molecule has 2 unspecified atom stereocenters. The van der Waals surface area contributed by atoms with Gasteiger partial charge in [-0.15, -0.1) is 5.10 Å². The number of carbonyl (C=O) groups is 2. The molecule has 1 amide bonds. The van der Waals surface area contributed by atoms with Crippen LogP contribution in [0.3, 0.4) is 0 Å². The van der Waals surface area contributed by atoms with Gasteiger partial charge in [-0.05, 0) is 77.8 Å². The summed E-state index contributed by atoms with van der Waals surface area (Å²) < 4.78 is 16.9. The number of benzene rings is 3. The van der Waals surface area contributed by atoms with Crippen LogP contribution in [0.2, 0.25) is 0 Å². The first-order chi connectivity index (χ1) is 19.3. The van der Waals surface area contributed by atoms with Crippen LogP contribution < -0.4 is 0 Å². The summed E-state index contributed by atoms with van der Waals surface area (Å²) in [6, 6.07) is 14.9. The minimum atomic E-state index is -0.890. The highest BCUT2D eigenvalue weighted by Gasteiger charge is 2.31. The molecule has 1 aromatic heterocycles. The quantitative estimate of drug-likeness (QED) is 0.344. The molecule has 1 N–H and O–H groups in total. The summed E-state index contributed by atoms with van der Waals surface area (Å²) in [4.78, 5) is 27.4. The monoisotopic (exact) mass is 538 g/mol. The maximum absolute atomic E-state index is 15.1. The zero-order valence-electron chi connectivity index (χ0n) is 22.6. The van der Waals surface area contributed by atoms with Gasteiger partial charge < -0.3 is 10.0 Å². The van der Waals surface area contributed by atoms with Crippen molar-refractivity contribution in [2.45, 2.75) is 52.1 Å². The first-order valence-corrected chi connectivity index (χ1v) is 13.7. The first-order valence-electron chi connectivity index (χ1n) is 13.7. The van der Waals surface area contributed by atoms with Crippen molar-refractivity contribution in [3.8, 4) is 0 Å². The number of aliphatic carboxylic acids is 1. The summed E-state index contributed by atoms with van der Waals surface area (Å²) in [5.41, 5.74) is 7.28. The van der Waals surface area contributed by atoms with E-state index >= 15 is 4.39 Å². The normalized spacial score (nSPS) is 18.8. The van der Waals surface area contributed by atoms with E-state index in [4.69, 9.17) is 0 Å². The SMILES string of the molecule is Cc1c2ccc3c1nnn3CC/C=C/Cc1ccc(c(F)c1)C(=O)N1CCc3ccc(cc3C1)C2C(C)C(=O)O. The third-order valence-electron chi connectivity index (χ3n) is 8.39. The molecule has 2 atom stereocenters. The zero-order valence-corrected chi connectivity index (χ0v) is 22.6. The molecule has 9 rings (SSSR count). The van der Waals surface area contributed by atoms with E-state index in [0.717, 1.165) is 50.8 Å². The molecule has 0 fully saturated rings. The highest BCUT2D eigenvalue weighted by atomic mass is 19.1. The van der Waals surface area contributed by atoms with Crippen molar-refractivity contribution >= 4 is 22.9 Å². The maximum atomic E-state index is 15.1. The maximum Gasteiger partial charge on any atom is 0.307 e. The molecule has 0 spiro atoms. The van der Waals surface area contributed by atoms with Crippen molar-refractivity contribution in [1.82, 2.24) is 19.9 Å². The number of aromatic nitrogens is 3. The van der Waals surface area contributed by atoms with Gasteiger partial charge in [-0.25, -0.2) is 9.07 Å². The Kier molecular flexibility index (Phi) is 6.70. The molecule has 9 bridgehead atoms. The lowest BCUT2D eigenvalue weighted by Gasteiger charge is -2.31. The molecule has 6 heterocycles. The average Bonchev–Trinajstić information content (AvgIpc) is 3.36. The Morgan fingerprint density at radius 1 is 1.07 bits per heavy atom. The van der Waals surface area contributed by atoms with Gasteiger partial charge in [0.2, 0.25) is 0 Å². The molecule has 5 aliphatic heterocycles. The highest BCUT2D eigenvalue weighted by Crippen LogP contribution is 2.38. The number of nitrogens with zero attached hydrogens (tertiary/aromatic N) is 4. The number of halogens is 1. The van der Waals surface area contributed by atoms with Gasteiger partial charge in [-0.2, -0.15) is 0 Å². The lowest BCUT2D eigenvalue weighted by Crippen LogP contribution is -2.36. The number of hydrogen-bond donors (Lipinski definition) is 1. The molecule has 5 aliphatic rings. The third-order valence-corrected chi connectivity index (χ3v) is 8.39. The lowest BCUT2D eigenvalue weighted by molar-refractivity contribution is -0.141. The largest absolute Gasteiger partial charge is 0.481 e. The number of allylic oxidation sites excluding steroid dienone is 2. The topological polar surface area (TPSA) is 88.3 Å². The minimum absolute atomic E-state index is 0.0711. The van der Waals surface area contributed by atoms with Crippen LogP contribution in [-0.4, -0.2) is 43.4 Å². The molecule has 0 aliphatic carbocycles. The molecular weight excluding hydrogens is 507 g/mol. The summed E-state index contributed by atoms with van der Waals surface area (Å²) in [5, 5.41) is 18.9. The van der Waals surface area contributed by atoms with E-state index in [1.807, 2.05) is 60.2 Å². The average molecular weight is 539 g/mol. The number of aryl methyl sites for hydroxylation is 2. The van der Waals surface area contributed by atoms with Crippen LogP contribution in [0.1, 0.15) is 63.0 Å². The first kappa shape index (κ1) is 25.9. The molecule has 0 saturated carbocycles. The second-order valence-electron chi connectivity index (χ2n) is 10.8. The zero-order chi connectivity index (χ0) is 28.0. The summed E-state index contributed by atoms with van der Waals surface area (Å²) in [5.74, 6) is -2.87. The molecular formula is C32H31FN4O3. The van der Waals surface area contributed by atoms with E-state index in [1.54, 1.807) is 17.9 Å². The number of carboxylic acids is 1. The standard InChI is InChI=1S/C32H31FN4O3/c1-19-25-11-12-28-30(19)34-35-37(28)14-5-3-4-6-21-7-10-26(27(33)16-21)31(38)36-15-13-22-8-9-23(17-24(22)18-36)29(25)20(2)32(39)40/h3-4,7-12,16-17,20,29H,5-6,13-15,18H2,1-2H3,(H,39,40)/b4-3+. The highest BCUT2D eigenvalue weighted by molar-refractivity contribution is 5.94. The van der Waals surface area contributed by atoms with Crippen molar-refractivity contribution in [3.63, 3.8) is 0 Å². The summed E-state index contributed by atoms with van der Waals surface area (Å²) >= 11 is 0. The van der Waals surface area contributed by atoms with E-state index in [9.17, 15) is 14.7 Å². The smallest absolute Gasteiger partial charge is 0.307 e. The van der Waals surface area contributed by atoms with Crippen LogP contribution in [0.25, 0.3) is 11.0 Å². The Balaban J connectivity index is 1.49. The predicted octanol–water partition coefficient (Wildman–Crippen LogP) is 5.43. The molecule has 204 valence electrons. The summed E-state index contributed by atoms with van der Waals surface area (Å²) in [7, 11) is 0. The number of amides is 1. The van der Waals surface area contributed by atoms with Crippen LogP contribution in [0.4, 0.5) is 4.39 Å². The van der Waals surface area contributed by atoms with Crippen LogP contribution in [0.15, 0.2) is 60.7 Å². The van der Waals surface area contributed by atoms with Gasteiger partial charge in [0, 0.05) is 25.6 Å². The fraction of sp³-hybridized carbons (Fsp3) is 0.312. The van der Waals surface area contributed by atoms with Crippen molar-refractivity contribution in [1.29, 1.82) is 0 Å². The fourth-order valence-electron chi connectivity index (χ4n) is 6.07. The Bertz CT molecular complexity index is 1670. The molecule has 0 radical (unpaired) electrons. The molecule has 7 nitrogen and oxygen atoms in total. The fourth-order valence-corrected chi connectivity index (χ4v) is 6.07. The van der Waals surface area contributed by atoms with Crippen molar-refractivity contribution in [3.05, 3.63) is 105 Å². The number of carbonyl (C=O) groups excluding carboxylic acids is 1. The van der Waals surface area contributed by atoms with Gasteiger partial charge in [0.1, 0.15) is 11.3 Å². The van der Waals surface area contributed by atoms with E-state index in [1.165, 1.54) is 6.07 Å².